The van der Waals surface area contributed by atoms with Crippen molar-refractivity contribution in [3.8, 4) is 22.5 Å². The number of aryl methyl sites for hydroxylation is 1. The maximum Gasteiger partial charge on any atom is 0.188 e. The highest BCUT2D eigenvalue weighted by molar-refractivity contribution is 7.13. The second-order valence-corrected chi connectivity index (χ2v) is 7.77. The summed E-state index contributed by atoms with van der Waals surface area (Å²) < 4.78 is 27.7. The monoisotopic (exact) mass is 431 g/mol. The Morgan fingerprint density at radius 3 is 2.58 bits per heavy atom. The van der Waals surface area contributed by atoms with Gasteiger partial charge < -0.3 is 5.32 Å². The van der Waals surface area contributed by atoms with E-state index in [1.54, 1.807) is 30.6 Å². The molecule has 3 heterocycles. The summed E-state index contributed by atoms with van der Waals surface area (Å²) in [5.74, 6) is -0.190. The van der Waals surface area contributed by atoms with Gasteiger partial charge in [0.1, 0.15) is 17.5 Å². The van der Waals surface area contributed by atoms with Crippen LogP contribution >= 0.6 is 11.3 Å². The lowest BCUT2D eigenvalue weighted by atomic mass is 10.0. The molecule has 0 atom stereocenters. The van der Waals surface area contributed by atoms with E-state index in [9.17, 15) is 8.78 Å². The zero-order valence-electron chi connectivity index (χ0n) is 16.3. The van der Waals surface area contributed by atoms with Gasteiger partial charge in [0, 0.05) is 40.4 Å². The van der Waals surface area contributed by atoms with Crippen molar-refractivity contribution >= 4 is 33.2 Å². The molecule has 1 N–H and O–H groups in total. The molecule has 0 fully saturated rings. The highest BCUT2D eigenvalue weighted by Gasteiger charge is 2.14. The lowest BCUT2D eigenvalue weighted by Crippen LogP contribution is -2.00. The van der Waals surface area contributed by atoms with E-state index in [2.05, 4.69) is 20.3 Å². The Kier molecular flexibility index (Phi) is 4.83. The predicted octanol–water partition coefficient (Wildman–Crippen LogP) is 6.15. The molecule has 0 aliphatic heterocycles. The fourth-order valence-corrected chi connectivity index (χ4v) is 3.94. The number of pyridine rings is 1. The van der Waals surface area contributed by atoms with Gasteiger partial charge >= 0.3 is 0 Å². The van der Waals surface area contributed by atoms with Crippen LogP contribution in [-0.4, -0.2) is 19.9 Å². The second kappa shape index (κ2) is 7.81. The minimum atomic E-state index is -0.627. The highest BCUT2D eigenvalue weighted by atomic mass is 32.1. The zero-order chi connectivity index (χ0) is 21.4. The first-order chi connectivity index (χ1) is 15.1. The Morgan fingerprint density at radius 1 is 0.935 bits per heavy atom. The van der Waals surface area contributed by atoms with E-state index >= 15 is 0 Å². The molecule has 152 valence electrons. The summed E-state index contributed by atoms with van der Waals surface area (Å²) in [5.41, 5.74) is 3.25. The van der Waals surface area contributed by atoms with Crippen molar-refractivity contribution in [1.82, 2.24) is 19.9 Å². The van der Waals surface area contributed by atoms with Gasteiger partial charge in [0.15, 0.2) is 11.0 Å². The molecule has 0 saturated heterocycles. The van der Waals surface area contributed by atoms with Crippen molar-refractivity contribution < 1.29 is 8.78 Å². The van der Waals surface area contributed by atoms with Gasteiger partial charge in [0.05, 0.1) is 11.2 Å². The number of halogens is 2. The summed E-state index contributed by atoms with van der Waals surface area (Å²) in [4.78, 5) is 18.0. The van der Waals surface area contributed by atoms with Gasteiger partial charge in [0.2, 0.25) is 0 Å². The minimum absolute atomic E-state index is 0.302. The van der Waals surface area contributed by atoms with Crippen molar-refractivity contribution in [2.24, 2.45) is 0 Å². The molecular weight excluding hydrogens is 416 g/mol. The van der Waals surface area contributed by atoms with E-state index in [1.807, 2.05) is 24.4 Å². The zero-order valence-corrected chi connectivity index (χ0v) is 17.1. The number of hydrogen-bond acceptors (Lipinski definition) is 6. The van der Waals surface area contributed by atoms with Gasteiger partial charge in [-0.3, -0.25) is 4.98 Å². The van der Waals surface area contributed by atoms with Crippen molar-refractivity contribution in [3.63, 3.8) is 0 Å². The van der Waals surface area contributed by atoms with Gasteiger partial charge in [-0.15, -0.1) is 11.3 Å². The van der Waals surface area contributed by atoms with Crippen LogP contribution in [0.5, 0.6) is 0 Å². The number of nitrogens with zero attached hydrogens (tertiary/aromatic N) is 4. The average molecular weight is 431 g/mol. The number of anilines is 2. The van der Waals surface area contributed by atoms with Crippen molar-refractivity contribution in [1.29, 1.82) is 0 Å². The first-order valence-corrected chi connectivity index (χ1v) is 10.3. The molecule has 5 nitrogen and oxygen atoms in total. The molecule has 8 heteroatoms. The lowest BCUT2D eigenvalue weighted by Gasteiger charge is -2.11. The minimum Gasteiger partial charge on any atom is -0.316 e. The Balaban J connectivity index is 1.69. The van der Waals surface area contributed by atoms with Crippen LogP contribution in [0.3, 0.4) is 0 Å². The number of nitrogens with one attached hydrogen (secondary N) is 1. The molecule has 2 aromatic carbocycles. The number of fused-ring (bicyclic) bond motifs is 1. The highest BCUT2D eigenvalue weighted by Crippen LogP contribution is 2.32. The van der Waals surface area contributed by atoms with Crippen LogP contribution in [0.4, 0.5) is 19.7 Å². The second-order valence-electron chi connectivity index (χ2n) is 6.91. The Labute approximate surface area is 180 Å². The molecule has 3 aromatic heterocycles. The summed E-state index contributed by atoms with van der Waals surface area (Å²) in [5, 5.41) is 6.58. The quantitative estimate of drug-likeness (QED) is 0.370. The first kappa shape index (κ1) is 19.2. The average Bonchev–Trinajstić information content (AvgIpc) is 3.18. The number of benzene rings is 2. The first-order valence-electron chi connectivity index (χ1n) is 9.43. The molecule has 0 bridgehead atoms. The molecule has 31 heavy (non-hydrogen) atoms. The molecule has 0 spiro atoms. The van der Waals surface area contributed by atoms with Gasteiger partial charge in [-0.1, -0.05) is 6.07 Å². The summed E-state index contributed by atoms with van der Waals surface area (Å²) in [6.45, 7) is 1.91. The van der Waals surface area contributed by atoms with E-state index in [1.165, 1.54) is 23.5 Å². The summed E-state index contributed by atoms with van der Waals surface area (Å²) >= 11 is 1.46. The van der Waals surface area contributed by atoms with Crippen LogP contribution in [0.25, 0.3) is 33.4 Å². The summed E-state index contributed by atoms with van der Waals surface area (Å²) in [7, 11) is 0. The molecule has 5 rings (SSSR count). The van der Waals surface area contributed by atoms with Crippen LogP contribution in [0.15, 0.2) is 66.3 Å². The van der Waals surface area contributed by atoms with E-state index in [-0.39, 0.29) is 0 Å². The molecule has 0 aliphatic carbocycles. The molecule has 0 aliphatic rings. The van der Waals surface area contributed by atoms with Gasteiger partial charge in [-0.2, -0.15) is 0 Å². The topological polar surface area (TPSA) is 63.6 Å². The Hall–Kier alpha value is -3.78. The number of rotatable bonds is 4. The molecular formula is C23H15F2N5S. The van der Waals surface area contributed by atoms with E-state index in [4.69, 9.17) is 4.98 Å². The predicted molar refractivity (Wildman–Crippen MR) is 118 cm³/mol. The fraction of sp³-hybridized carbons (Fsp3) is 0.0435. The molecule has 0 unspecified atom stereocenters. The Morgan fingerprint density at radius 2 is 1.84 bits per heavy atom. The standard InChI is InChI=1S/C23H15F2N5S/c1-13-12-31-23(27-13)30-22-18-9-14(17-6-5-16(24)10-19(17)25)4-7-20(18)28-21(29-22)15-3-2-8-26-11-15/h2-12H,1H3,(H,27,28,29,30). The van der Waals surface area contributed by atoms with Crippen LogP contribution in [0.2, 0.25) is 0 Å². The fourth-order valence-electron chi connectivity index (χ4n) is 3.25. The van der Waals surface area contributed by atoms with Gasteiger partial charge in [0.25, 0.3) is 0 Å². The molecule has 0 amide bonds. The van der Waals surface area contributed by atoms with Crippen LogP contribution in [0, 0.1) is 18.6 Å². The smallest absolute Gasteiger partial charge is 0.188 e. The van der Waals surface area contributed by atoms with Crippen LogP contribution < -0.4 is 5.32 Å². The van der Waals surface area contributed by atoms with Gasteiger partial charge in [-0.05, 0) is 48.9 Å². The SMILES string of the molecule is Cc1csc(Nc2nc(-c3cccnc3)nc3ccc(-c4ccc(F)cc4F)cc23)n1. The van der Waals surface area contributed by atoms with Crippen LogP contribution in [-0.2, 0) is 0 Å². The summed E-state index contributed by atoms with van der Waals surface area (Å²) in [6, 6.07) is 12.6. The lowest BCUT2D eigenvalue weighted by molar-refractivity contribution is 0.585. The number of aromatic nitrogens is 4. The van der Waals surface area contributed by atoms with Crippen molar-refractivity contribution in [3.05, 3.63) is 83.6 Å². The maximum absolute atomic E-state index is 14.4. The summed E-state index contributed by atoms with van der Waals surface area (Å²) in [6.07, 6.45) is 3.38. The normalized spacial score (nSPS) is 11.1. The molecule has 5 aromatic rings. The van der Waals surface area contributed by atoms with Crippen LogP contribution in [0.1, 0.15) is 5.69 Å². The van der Waals surface area contributed by atoms with Crippen molar-refractivity contribution in [2.75, 3.05) is 5.32 Å². The third-order valence-corrected chi connectivity index (χ3v) is 5.58. The maximum atomic E-state index is 14.4. The Bertz CT molecular complexity index is 1400. The third kappa shape index (κ3) is 3.85. The van der Waals surface area contributed by atoms with E-state index in [0.29, 0.717) is 38.8 Å². The number of thiazole rings is 1. The van der Waals surface area contributed by atoms with Crippen molar-refractivity contribution in [2.45, 2.75) is 6.92 Å². The van der Waals surface area contributed by atoms with E-state index in [0.717, 1.165) is 17.3 Å². The third-order valence-electron chi connectivity index (χ3n) is 4.70. The van der Waals surface area contributed by atoms with Gasteiger partial charge in [-0.25, -0.2) is 23.7 Å². The molecule has 0 radical (unpaired) electrons. The largest absolute Gasteiger partial charge is 0.316 e. The van der Waals surface area contributed by atoms with E-state index < -0.39 is 11.6 Å². The number of hydrogen-bond donors (Lipinski definition) is 1. The molecule has 0 saturated carbocycles.